The maximum Gasteiger partial charge on any atom is 0.0619 e. The average Bonchev–Trinajstić information content (AvgIpc) is 2.79. The van der Waals surface area contributed by atoms with Gasteiger partial charge in [-0.15, -0.1) is 0 Å². The topological polar surface area (TPSA) is 30.5 Å². The van der Waals surface area contributed by atoms with Crippen molar-refractivity contribution in [1.82, 2.24) is 5.32 Å². The van der Waals surface area contributed by atoms with Crippen LogP contribution < -0.4 is 5.32 Å². The van der Waals surface area contributed by atoms with Gasteiger partial charge in [0.25, 0.3) is 0 Å². The average molecular weight is 277 g/mol. The van der Waals surface area contributed by atoms with Gasteiger partial charge in [-0.25, -0.2) is 0 Å². The number of methoxy groups -OCH3 is 1. The third kappa shape index (κ3) is 3.60. The molecule has 1 aromatic carbocycles. The molecule has 2 unspecified atom stereocenters. The van der Waals surface area contributed by atoms with E-state index in [0.29, 0.717) is 6.10 Å². The second kappa shape index (κ2) is 7.21. The smallest absolute Gasteiger partial charge is 0.0619 e. The zero-order valence-corrected chi connectivity index (χ0v) is 12.9. The van der Waals surface area contributed by atoms with Crippen LogP contribution in [-0.4, -0.2) is 39.5 Å². The summed E-state index contributed by atoms with van der Waals surface area (Å²) in [5.41, 5.74) is 3.03. The van der Waals surface area contributed by atoms with Crippen LogP contribution in [0.5, 0.6) is 0 Å². The minimum absolute atomic E-state index is 0.208. The van der Waals surface area contributed by atoms with Gasteiger partial charge in [0.1, 0.15) is 0 Å². The van der Waals surface area contributed by atoms with Gasteiger partial charge in [0, 0.05) is 32.2 Å². The summed E-state index contributed by atoms with van der Waals surface area (Å²) < 4.78 is 11.0. The fraction of sp³-hybridized carbons (Fsp3) is 0.647. The van der Waals surface area contributed by atoms with Crippen LogP contribution in [0.15, 0.2) is 24.3 Å². The molecule has 0 saturated carbocycles. The second-order valence-corrected chi connectivity index (χ2v) is 5.90. The summed E-state index contributed by atoms with van der Waals surface area (Å²) in [6.07, 6.45) is 2.51. The first-order valence-corrected chi connectivity index (χ1v) is 7.54. The largest absolute Gasteiger partial charge is 0.383 e. The van der Waals surface area contributed by atoms with Gasteiger partial charge in [-0.2, -0.15) is 0 Å². The zero-order valence-electron chi connectivity index (χ0n) is 12.9. The van der Waals surface area contributed by atoms with E-state index < -0.39 is 0 Å². The molecule has 1 fully saturated rings. The molecule has 1 N–H and O–H groups in total. The Bertz CT molecular complexity index is 421. The molecule has 112 valence electrons. The van der Waals surface area contributed by atoms with E-state index in [-0.39, 0.29) is 5.41 Å². The van der Waals surface area contributed by atoms with Gasteiger partial charge in [-0.05, 0) is 37.8 Å². The second-order valence-electron chi connectivity index (χ2n) is 5.90. The maximum atomic E-state index is 5.87. The lowest BCUT2D eigenvalue weighted by atomic mass is 9.75. The molecule has 3 heteroatoms. The Labute approximate surface area is 122 Å². The van der Waals surface area contributed by atoms with E-state index in [1.807, 2.05) is 0 Å². The molecule has 1 aromatic rings. The van der Waals surface area contributed by atoms with Crippen molar-refractivity contribution in [3.63, 3.8) is 0 Å². The van der Waals surface area contributed by atoms with Gasteiger partial charge in [0.15, 0.2) is 0 Å². The summed E-state index contributed by atoms with van der Waals surface area (Å²) in [6.45, 7) is 7.93. The van der Waals surface area contributed by atoms with E-state index in [1.54, 1.807) is 7.11 Å². The number of nitrogens with one attached hydrogen (secondary N) is 1. The first-order chi connectivity index (χ1) is 9.68. The van der Waals surface area contributed by atoms with Crippen LogP contribution in [-0.2, 0) is 15.9 Å². The summed E-state index contributed by atoms with van der Waals surface area (Å²) in [7, 11) is 1.74. The van der Waals surface area contributed by atoms with Gasteiger partial charge < -0.3 is 14.8 Å². The van der Waals surface area contributed by atoms with Gasteiger partial charge in [0.05, 0.1) is 12.7 Å². The standard InChI is InChI=1S/C17H27NO2/c1-14-6-4-5-7-16(14)12-17(8-10-20-15(17)2)13-18-9-11-19-3/h4-7,15,18H,8-13H2,1-3H3. The predicted octanol–water partition coefficient (Wildman–Crippen LogP) is 2.57. The normalized spacial score (nSPS) is 26.1. The molecule has 0 aromatic heterocycles. The van der Waals surface area contributed by atoms with Crippen LogP contribution in [0.25, 0.3) is 0 Å². The van der Waals surface area contributed by atoms with Crippen molar-refractivity contribution in [2.45, 2.75) is 32.8 Å². The Morgan fingerprint density at radius 3 is 2.85 bits per heavy atom. The minimum atomic E-state index is 0.208. The van der Waals surface area contributed by atoms with E-state index in [0.717, 1.165) is 39.1 Å². The molecule has 0 aliphatic carbocycles. The monoisotopic (exact) mass is 277 g/mol. The van der Waals surface area contributed by atoms with Crippen LogP contribution in [0.2, 0.25) is 0 Å². The lowest BCUT2D eigenvalue weighted by Gasteiger charge is -2.33. The number of hydrogen-bond acceptors (Lipinski definition) is 3. The van der Waals surface area contributed by atoms with E-state index >= 15 is 0 Å². The molecule has 0 radical (unpaired) electrons. The van der Waals surface area contributed by atoms with Gasteiger partial charge in [-0.3, -0.25) is 0 Å². The number of rotatable bonds is 7. The van der Waals surface area contributed by atoms with Crippen LogP contribution in [0, 0.1) is 12.3 Å². The highest BCUT2D eigenvalue weighted by Crippen LogP contribution is 2.38. The summed E-state index contributed by atoms with van der Waals surface area (Å²) in [4.78, 5) is 0. The highest BCUT2D eigenvalue weighted by atomic mass is 16.5. The third-order valence-corrected chi connectivity index (χ3v) is 4.59. The van der Waals surface area contributed by atoms with Crippen molar-refractivity contribution in [1.29, 1.82) is 0 Å². The van der Waals surface area contributed by atoms with Gasteiger partial charge >= 0.3 is 0 Å². The highest BCUT2D eigenvalue weighted by Gasteiger charge is 2.41. The lowest BCUT2D eigenvalue weighted by Crippen LogP contribution is -2.42. The van der Waals surface area contributed by atoms with E-state index in [1.165, 1.54) is 11.1 Å². The van der Waals surface area contributed by atoms with Crippen molar-refractivity contribution in [2.75, 3.05) is 33.4 Å². The third-order valence-electron chi connectivity index (χ3n) is 4.59. The molecule has 1 saturated heterocycles. The quantitative estimate of drug-likeness (QED) is 0.777. The molecule has 0 spiro atoms. The molecule has 0 amide bonds. The van der Waals surface area contributed by atoms with Crippen molar-refractivity contribution in [3.05, 3.63) is 35.4 Å². The molecular formula is C17H27NO2. The molecule has 1 aliphatic heterocycles. The van der Waals surface area contributed by atoms with E-state index in [2.05, 4.69) is 43.4 Å². The van der Waals surface area contributed by atoms with Crippen molar-refractivity contribution in [3.8, 4) is 0 Å². The number of aryl methyl sites for hydroxylation is 1. The molecule has 3 nitrogen and oxygen atoms in total. The molecule has 20 heavy (non-hydrogen) atoms. The summed E-state index contributed by atoms with van der Waals surface area (Å²) in [5, 5.41) is 3.53. The van der Waals surface area contributed by atoms with Crippen LogP contribution in [0.1, 0.15) is 24.5 Å². The first kappa shape index (κ1) is 15.5. The van der Waals surface area contributed by atoms with Crippen LogP contribution in [0.3, 0.4) is 0 Å². The fourth-order valence-electron chi connectivity index (χ4n) is 3.05. The zero-order chi connectivity index (χ0) is 14.4. The Balaban J connectivity index is 2.06. The maximum absolute atomic E-state index is 5.87. The Morgan fingerprint density at radius 1 is 1.40 bits per heavy atom. The first-order valence-electron chi connectivity index (χ1n) is 7.54. The van der Waals surface area contributed by atoms with Gasteiger partial charge in [0.2, 0.25) is 0 Å². The number of ether oxygens (including phenoxy) is 2. The van der Waals surface area contributed by atoms with Crippen molar-refractivity contribution in [2.24, 2.45) is 5.41 Å². The summed E-state index contributed by atoms with van der Waals surface area (Å²) in [5.74, 6) is 0. The van der Waals surface area contributed by atoms with Crippen LogP contribution >= 0.6 is 0 Å². The molecule has 1 heterocycles. The molecule has 0 bridgehead atoms. The van der Waals surface area contributed by atoms with E-state index in [9.17, 15) is 0 Å². The Morgan fingerprint density at radius 2 is 2.20 bits per heavy atom. The summed E-state index contributed by atoms with van der Waals surface area (Å²) in [6, 6.07) is 8.69. The van der Waals surface area contributed by atoms with E-state index in [4.69, 9.17) is 9.47 Å². The minimum Gasteiger partial charge on any atom is -0.383 e. The predicted molar refractivity (Wildman–Crippen MR) is 82.1 cm³/mol. The van der Waals surface area contributed by atoms with Crippen molar-refractivity contribution < 1.29 is 9.47 Å². The molecule has 2 rings (SSSR count). The molecule has 1 aliphatic rings. The highest BCUT2D eigenvalue weighted by molar-refractivity contribution is 5.27. The summed E-state index contributed by atoms with van der Waals surface area (Å²) >= 11 is 0. The fourth-order valence-corrected chi connectivity index (χ4v) is 3.05. The number of hydrogen-bond donors (Lipinski definition) is 1. The lowest BCUT2D eigenvalue weighted by molar-refractivity contribution is 0.0619. The Kier molecular flexibility index (Phi) is 5.58. The molecule has 2 atom stereocenters. The Hall–Kier alpha value is -0.900. The van der Waals surface area contributed by atoms with Crippen molar-refractivity contribution >= 4 is 0 Å². The number of benzene rings is 1. The SMILES string of the molecule is COCCNCC1(Cc2ccccc2C)CCOC1C. The van der Waals surface area contributed by atoms with Crippen LogP contribution in [0.4, 0.5) is 0 Å². The van der Waals surface area contributed by atoms with Gasteiger partial charge in [-0.1, -0.05) is 24.3 Å². The molecular weight excluding hydrogens is 250 g/mol.